The quantitative estimate of drug-likeness (QED) is 0.253. The lowest BCUT2D eigenvalue weighted by molar-refractivity contribution is -0.112. The van der Waals surface area contributed by atoms with Gasteiger partial charge >= 0.3 is 0 Å². The van der Waals surface area contributed by atoms with Gasteiger partial charge in [-0.15, -0.1) is 11.3 Å². The number of anilines is 1. The Morgan fingerprint density at radius 2 is 1.84 bits per heavy atom. The van der Waals surface area contributed by atoms with Crippen LogP contribution in [0, 0.1) is 11.3 Å². The topological polar surface area (TPSA) is 70.7 Å². The SMILES string of the molecule is N#C/C(=C\c1cn(Cc2ccccc2)nc1-c1cccs1)C(=O)Nc1c(Cl)cccc1Cl. The lowest BCUT2D eigenvalue weighted by Crippen LogP contribution is -2.14. The van der Waals surface area contributed by atoms with E-state index in [9.17, 15) is 10.1 Å². The maximum atomic E-state index is 12.8. The van der Waals surface area contributed by atoms with E-state index >= 15 is 0 Å². The third-order valence-corrected chi connectivity index (χ3v) is 6.10. The molecule has 0 saturated carbocycles. The molecule has 0 bridgehead atoms. The summed E-state index contributed by atoms with van der Waals surface area (Å²) in [5.74, 6) is -0.601. The minimum Gasteiger partial charge on any atom is -0.319 e. The van der Waals surface area contributed by atoms with Gasteiger partial charge in [0.25, 0.3) is 5.91 Å². The zero-order valence-corrected chi connectivity index (χ0v) is 19.0. The highest BCUT2D eigenvalue weighted by atomic mass is 35.5. The highest BCUT2D eigenvalue weighted by molar-refractivity contribution is 7.13. The molecule has 0 unspecified atom stereocenters. The largest absolute Gasteiger partial charge is 0.319 e. The van der Waals surface area contributed by atoms with Crippen LogP contribution in [0.1, 0.15) is 11.1 Å². The Morgan fingerprint density at radius 3 is 2.50 bits per heavy atom. The number of nitriles is 1. The predicted octanol–water partition coefficient (Wildman–Crippen LogP) is 6.51. The van der Waals surface area contributed by atoms with Crippen molar-refractivity contribution in [3.8, 4) is 16.6 Å². The number of thiophene rings is 1. The van der Waals surface area contributed by atoms with Crippen LogP contribution in [0.4, 0.5) is 5.69 Å². The monoisotopic (exact) mass is 478 g/mol. The Morgan fingerprint density at radius 1 is 1.09 bits per heavy atom. The molecule has 0 aliphatic heterocycles. The van der Waals surface area contributed by atoms with Crippen LogP contribution < -0.4 is 5.32 Å². The van der Waals surface area contributed by atoms with E-state index in [-0.39, 0.29) is 21.3 Å². The Kier molecular flexibility index (Phi) is 6.72. The summed E-state index contributed by atoms with van der Waals surface area (Å²) in [5, 5.41) is 19.5. The summed E-state index contributed by atoms with van der Waals surface area (Å²) in [6.07, 6.45) is 3.36. The summed E-state index contributed by atoms with van der Waals surface area (Å²) in [7, 11) is 0. The van der Waals surface area contributed by atoms with Gasteiger partial charge in [-0.1, -0.05) is 65.7 Å². The molecule has 4 aromatic rings. The molecule has 0 saturated heterocycles. The molecule has 1 N–H and O–H groups in total. The average molecular weight is 479 g/mol. The molecule has 8 heteroatoms. The predicted molar refractivity (Wildman–Crippen MR) is 130 cm³/mol. The van der Waals surface area contributed by atoms with Crippen LogP contribution >= 0.6 is 34.5 Å². The van der Waals surface area contributed by atoms with E-state index in [1.165, 1.54) is 17.4 Å². The van der Waals surface area contributed by atoms with Crippen molar-refractivity contribution in [3.05, 3.63) is 99.0 Å². The summed E-state index contributed by atoms with van der Waals surface area (Å²) in [6, 6.07) is 20.7. The Balaban J connectivity index is 1.68. The minimum absolute atomic E-state index is 0.0851. The molecule has 0 fully saturated rings. The fraction of sp³-hybridized carbons (Fsp3) is 0.0417. The summed E-state index contributed by atoms with van der Waals surface area (Å²) < 4.78 is 1.80. The number of nitrogens with one attached hydrogen (secondary N) is 1. The van der Waals surface area contributed by atoms with Crippen LogP contribution in [0.3, 0.4) is 0 Å². The van der Waals surface area contributed by atoms with Gasteiger partial charge < -0.3 is 5.32 Å². The summed E-state index contributed by atoms with van der Waals surface area (Å²) in [5.41, 5.74) is 2.64. The second-order valence-electron chi connectivity index (χ2n) is 6.81. The van der Waals surface area contributed by atoms with Gasteiger partial charge in [0.15, 0.2) is 0 Å². The molecule has 0 aliphatic carbocycles. The van der Waals surface area contributed by atoms with Crippen molar-refractivity contribution in [1.82, 2.24) is 9.78 Å². The van der Waals surface area contributed by atoms with Gasteiger partial charge in [0.2, 0.25) is 0 Å². The third kappa shape index (κ3) is 4.92. The molecule has 32 heavy (non-hydrogen) atoms. The van der Waals surface area contributed by atoms with Crippen molar-refractivity contribution >= 4 is 52.2 Å². The van der Waals surface area contributed by atoms with Gasteiger partial charge in [-0.05, 0) is 35.2 Å². The first-order valence-corrected chi connectivity index (χ1v) is 11.2. The van der Waals surface area contributed by atoms with Crippen molar-refractivity contribution in [3.63, 3.8) is 0 Å². The van der Waals surface area contributed by atoms with Crippen LogP contribution in [0.2, 0.25) is 10.0 Å². The molecule has 2 heterocycles. The van der Waals surface area contributed by atoms with E-state index < -0.39 is 5.91 Å². The number of nitrogens with zero attached hydrogens (tertiary/aromatic N) is 3. The number of carbonyl (C=O) groups excluding carboxylic acids is 1. The Bertz CT molecular complexity index is 1300. The minimum atomic E-state index is -0.601. The fourth-order valence-electron chi connectivity index (χ4n) is 3.10. The molecule has 5 nitrogen and oxygen atoms in total. The van der Waals surface area contributed by atoms with Crippen LogP contribution in [-0.2, 0) is 11.3 Å². The van der Waals surface area contributed by atoms with E-state index in [0.29, 0.717) is 17.8 Å². The molecule has 2 aromatic carbocycles. The summed E-state index contributed by atoms with van der Waals surface area (Å²) in [6.45, 7) is 0.566. The zero-order chi connectivity index (χ0) is 22.5. The lowest BCUT2D eigenvalue weighted by Gasteiger charge is -2.08. The highest BCUT2D eigenvalue weighted by Gasteiger charge is 2.17. The zero-order valence-electron chi connectivity index (χ0n) is 16.6. The van der Waals surface area contributed by atoms with Gasteiger partial charge in [-0.3, -0.25) is 9.48 Å². The number of aromatic nitrogens is 2. The number of rotatable bonds is 6. The van der Waals surface area contributed by atoms with Gasteiger partial charge in [0.05, 0.1) is 27.2 Å². The maximum Gasteiger partial charge on any atom is 0.266 e. The smallest absolute Gasteiger partial charge is 0.266 e. The first-order chi connectivity index (χ1) is 15.5. The average Bonchev–Trinajstić information content (AvgIpc) is 3.45. The van der Waals surface area contributed by atoms with Crippen LogP contribution in [-0.4, -0.2) is 15.7 Å². The number of para-hydroxylation sites is 1. The molecule has 0 spiro atoms. The third-order valence-electron chi connectivity index (χ3n) is 4.60. The molecule has 0 atom stereocenters. The summed E-state index contributed by atoms with van der Waals surface area (Å²) in [4.78, 5) is 13.7. The van der Waals surface area contributed by atoms with E-state index in [2.05, 4.69) is 5.32 Å². The van der Waals surface area contributed by atoms with Crippen molar-refractivity contribution < 1.29 is 4.79 Å². The molecule has 0 aliphatic rings. The number of hydrogen-bond acceptors (Lipinski definition) is 4. The van der Waals surface area contributed by atoms with Gasteiger partial charge in [-0.25, -0.2) is 0 Å². The number of benzene rings is 2. The van der Waals surface area contributed by atoms with Crippen LogP contribution in [0.25, 0.3) is 16.6 Å². The lowest BCUT2D eigenvalue weighted by atomic mass is 10.1. The van der Waals surface area contributed by atoms with E-state index in [1.807, 2.05) is 60.1 Å². The van der Waals surface area contributed by atoms with E-state index in [4.69, 9.17) is 28.3 Å². The fourth-order valence-corrected chi connectivity index (χ4v) is 4.32. The molecule has 158 valence electrons. The second kappa shape index (κ2) is 9.84. The Labute approximate surface area is 199 Å². The van der Waals surface area contributed by atoms with Crippen molar-refractivity contribution in [2.24, 2.45) is 0 Å². The highest BCUT2D eigenvalue weighted by Crippen LogP contribution is 2.31. The number of hydrogen-bond donors (Lipinski definition) is 1. The molecule has 4 rings (SSSR count). The van der Waals surface area contributed by atoms with Crippen LogP contribution in [0.5, 0.6) is 0 Å². The number of carbonyl (C=O) groups is 1. The maximum absolute atomic E-state index is 12.8. The first-order valence-electron chi connectivity index (χ1n) is 9.57. The molecular formula is C24H16Cl2N4OS. The van der Waals surface area contributed by atoms with Gasteiger partial charge in [0, 0.05) is 11.8 Å². The first kappa shape index (κ1) is 21.8. The van der Waals surface area contributed by atoms with Crippen molar-refractivity contribution in [2.45, 2.75) is 6.54 Å². The summed E-state index contributed by atoms with van der Waals surface area (Å²) >= 11 is 13.8. The van der Waals surface area contributed by atoms with Gasteiger partial charge in [-0.2, -0.15) is 10.4 Å². The van der Waals surface area contributed by atoms with E-state index in [1.54, 1.807) is 22.9 Å². The molecule has 0 radical (unpaired) electrons. The number of amides is 1. The van der Waals surface area contributed by atoms with E-state index in [0.717, 1.165) is 10.4 Å². The second-order valence-corrected chi connectivity index (χ2v) is 8.58. The Hall–Kier alpha value is -3.37. The number of halogens is 2. The molecule has 1 amide bonds. The normalized spacial score (nSPS) is 11.2. The van der Waals surface area contributed by atoms with Gasteiger partial charge in [0.1, 0.15) is 17.3 Å². The van der Waals surface area contributed by atoms with Crippen LogP contribution in [0.15, 0.2) is 77.8 Å². The van der Waals surface area contributed by atoms with Crippen molar-refractivity contribution in [1.29, 1.82) is 5.26 Å². The van der Waals surface area contributed by atoms with Crippen molar-refractivity contribution in [2.75, 3.05) is 5.32 Å². The molecule has 2 aromatic heterocycles. The standard InChI is InChI=1S/C24H16Cl2N4OS/c25-19-8-4-9-20(26)23(19)28-24(31)17(13-27)12-18-15-30(14-16-6-2-1-3-7-16)29-22(18)21-10-5-11-32-21/h1-12,15H,14H2,(H,28,31)/b17-12+. The molecular weight excluding hydrogens is 463 g/mol.